The summed E-state index contributed by atoms with van der Waals surface area (Å²) in [6, 6.07) is 4.85. The second-order valence-corrected chi connectivity index (χ2v) is 8.74. The lowest BCUT2D eigenvalue weighted by molar-refractivity contribution is -0.144. The molecule has 2 aliphatic heterocycles. The van der Waals surface area contributed by atoms with E-state index in [1.54, 1.807) is 25.2 Å². The summed E-state index contributed by atoms with van der Waals surface area (Å²) < 4.78 is 15.9. The number of benzene rings is 1. The van der Waals surface area contributed by atoms with Gasteiger partial charge in [-0.2, -0.15) is 0 Å². The number of amides is 1. The van der Waals surface area contributed by atoms with Crippen molar-refractivity contribution in [2.45, 2.75) is 29.9 Å². The summed E-state index contributed by atoms with van der Waals surface area (Å²) in [7, 11) is 3.16. The summed E-state index contributed by atoms with van der Waals surface area (Å²) in [4.78, 5) is 19.5. The van der Waals surface area contributed by atoms with Gasteiger partial charge in [0.05, 0.1) is 45.5 Å². The van der Waals surface area contributed by atoms with Crippen LogP contribution in [-0.4, -0.2) is 90.2 Å². The number of fused-ring (bicyclic) bond motifs is 1. The average molecular weight is 438 g/mol. The van der Waals surface area contributed by atoms with Gasteiger partial charge in [0.25, 0.3) is 0 Å². The molecule has 0 aromatic heterocycles. The lowest BCUT2D eigenvalue weighted by Gasteiger charge is -2.40. The number of anilines is 1. The molecular formula is C20H27N3O6S. The third-order valence-electron chi connectivity index (χ3n) is 5.73. The molecule has 3 aliphatic rings. The van der Waals surface area contributed by atoms with Crippen LogP contribution in [0.25, 0.3) is 0 Å². The van der Waals surface area contributed by atoms with Crippen LogP contribution in [0.2, 0.25) is 0 Å². The summed E-state index contributed by atoms with van der Waals surface area (Å²) >= 11 is 1.43. The Kier molecular flexibility index (Phi) is 6.37. The third-order valence-corrected chi connectivity index (χ3v) is 7.04. The molecular weight excluding hydrogens is 410 g/mol. The van der Waals surface area contributed by atoms with Gasteiger partial charge in [0.2, 0.25) is 5.91 Å². The first kappa shape index (κ1) is 21.2. The van der Waals surface area contributed by atoms with Crippen molar-refractivity contribution in [1.29, 1.82) is 0 Å². The molecule has 1 aromatic rings. The first-order valence-corrected chi connectivity index (χ1v) is 10.9. The molecule has 1 aromatic carbocycles. The summed E-state index contributed by atoms with van der Waals surface area (Å²) in [5.41, 5.74) is 0.724. The van der Waals surface area contributed by atoms with E-state index < -0.39 is 24.2 Å². The Morgan fingerprint density at radius 1 is 1.20 bits per heavy atom. The Morgan fingerprint density at radius 3 is 2.50 bits per heavy atom. The highest BCUT2D eigenvalue weighted by Gasteiger charge is 2.51. The lowest BCUT2D eigenvalue weighted by atomic mass is 9.80. The lowest BCUT2D eigenvalue weighted by Crippen LogP contribution is -2.55. The molecule has 164 valence electrons. The molecule has 1 aliphatic carbocycles. The number of carbonyl (C=O) groups is 1. The molecule has 2 heterocycles. The number of hydrogen-bond donors (Lipinski definition) is 3. The Bertz CT molecular complexity index is 793. The van der Waals surface area contributed by atoms with Crippen molar-refractivity contribution < 1.29 is 29.2 Å². The van der Waals surface area contributed by atoms with Gasteiger partial charge in [-0.25, -0.2) is 0 Å². The molecule has 2 fully saturated rings. The number of nitrogens with one attached hydrogen (secondary N) is 1. The zero-order valence-corrected chi connectivity index (χ0v) is 17.8. The fourth-order valence-electron chi connectivity index (χ4n) is 4.11. The Labute approximate surface area is 179 Å². The van der Waals surface area contributed by atoms with Crippen molar-refractivity contribution in [2.75, 3.05) is 45.8 Å². The minimum absolute atomic E-state index is 0.00810. The molecule has 4 rings (SSSR count). The van der Waals surface area contributed by atoms with Crippen molar-refractivity contribution >= 4 is 28.5 Å². The van der Waals surface area contributed by atoms with E-state index in [2.05, 4.69) is 10.3 Å². The van der Waals surface area contributed by atoms with Crippen LogP contribution in [0.15, 0.2) is 23.2 Å². The number of carbonyl (C=O) groups excluding carboxylic acids is 1. The standard InChI is InChI=1S/C20H27N3O6S/c1-27-12-7-11(8-13(9-12)28-2)21-20-22-16-17(25)15(24)10-14(18(16)30-20)19(26)23-3-5-29-6-4-23/h7-9,14-18,24-25H,3-6,10H2,1-2H3,(H,21,22)/t14-,15+,16+,17-,18+/m0/s1. The van der Waals surface area contributed by atoms with Gasteiger partial charge in [-0.05, 0) is 6.42 Å². The Balaban J connectivity index is 1.52. The highest BCUT2D eigenvalue weighted by atomic mass is 32.2. The number of methoxy groups -OCH3 is 2. The fraction of sp³-hybridized carbons (Fsp3) is 0.600. The number of amidine groups is 1. The minimum atomic E-state index is -1.00. The number of aliphatic hydroxyl groups excluding tert-OH is 2. The summed E-state index contributed by atoms with van der Waals surface area (Å²) in [6.07, 6.45) is -1.77. The average Bonchev–Trinajstić information content (AvgIpc) is 3.19. The fourth-order valence-corrected chi connectivity index (χ4v) is 5.48. The van der Waals surface area contributed by atoms with Crippen LogP contribution in [0.5, 0.6) is 11.5 Å². The molecule has 0 spiro atoms. The smallest absolute Gasteiger partial charge is 0.227 e. The van der Waals surface area contributed by atoms with E-state index in [1.165, 1.54) is 11.8 Å². The number of hydrogen-bond acceptors (Lipinski definition) is 9. The molecule has 1 amide bonds. The second kappa shape index (κ2) is 9.01. The summed E-state index contributed by atoms with van der Waals surface area (Å²) in [5, 5.41) is 24.5. The molecule has 0 bridgehead atoms. The van der Waals surface area contributed by atoms with E-state index in [4.69, 9.17) is 14.2 Å². The minimum Gasteiger partial charge on any atom is -0.497 e. The normalized spacial score (nSPS) is 31.0. The largest absolute Gasteiger partial charge is 0.497 e. The number of aliphatic imine (C=N–C) groups is 1. The topological polar surface area (TPSA) is 113 Å². The van der Waals surface area contributed by atoms with Crippen LogP contribution < -0.4 is 14.8 Å². The van der Waals surface area contributed by atoms with Crippen molar-refractivity contribution in [1.82, 2.24) is 4.90 Å². The van der Waals surface area contributed by atoms with E-state index >= 15 is 0 Å². The number of aliphatic hydroxyl groups is 2. The van der Waals surface area contributed by atoms with Crippen LogP contribution in [-0.2, 0) is 9.53 Å². The predicted octanol–water partition coefficient (Wildman–Crippen LogP) is 0.556. The second-order valence-electron chi connectivity index (χ2n) is 7.57. The zero-order valence-electron chi connectivity index (χ0n) is 17.0. The van der Waals surface area contributed by atoms with Gasteiger partial charge in [-0.15, -0.1) is 0 Å². The van der Waals surface area contributed by atoms with Gasteiger partial charge in [-0.1, -0.05) is 11.8 Å². The highest BCUT2D eigenvalue weighted by Crippen LogP contribution is 2.42. The maximum atomic E-state index is 13.1. The first-order valence-electron chi connectivity index (χ1n) is 9.97. The molecule has 10 heteroatoms. The summed E-state index contributed by atoms with van der Waals surface area (Å²) in [5.74, 6) is 0.841. The van der Waals surface area contributed by atoms with E-state index in [0.29, 0.717) is 43.0 Å². The first-order chi connectivity index (χ1) is 14.5. The molecule has 0 unspecified atom stereocenters. The SMILES string of the molecule is COc1cc(NC2=N[C@@H]3[C@@H](O)[C@H](O)C[C@H](C(=O)N4CCOCC4)[C@H]3S2)cc(OC)c1. The molecule has 30 heavy (non-hydrogen) atoms. The highest BCUT2D eigenvalue weighted by molar-refractivity contribution is 8.15. The Morgan fingerprint density at radius 2 is 1.87 bits per heavy atom. The molecule has 5 atom stereocenters. The number of ether oxygens (including phenoxy) is 3. The monoisotopic (exact) mass is 437 g/mol. The van der Waals surface area contributed by atoms with Crippen molar-refractivity contribution in [2.24, 2.45) is 10.9 Å². The van der Waals surface area contributed by atoms with Crippen molar-refractivity contribution in [3.05, 3.63) is 18.2 Å². The van der Waals surface area contributed by atoms with Gasteiger partial charge in [0.1, 0.15) is 17.6 Å². The van der Waals surface area contributed by atoms with Crippen LogP contribution in [0, 0.1) is 5.92 Å². The number of morpholine rings is 1. The Hall–Kier alpha value is -2.01. The maximum Gasteiger partial charge on any atom is 0.227 e. The van der Waals surface area contributed by atoms with Crippen LogP contribution in [0.4, 0.5) is 5.69 Å². The van der Waals surface area contributed by atoms with Gasteiger partial charge in [0, 0.05) is 42.2 Å². The van der Waals surface area contributed by atoms with Crippen LogP contribution >= 0.6 is 11.8 Å². The summed E-state index contributed by atoms with van der Waals surface area (Å²) in [6.45, 7) is 2.13. The van der Waals surface area contributed by atoms with Crippen LogP contribution in [0.3, 0.4) is 0 Å². The van der Waals surface area contributed by atoms with Gasteiger partial charge < -0.3 is 34.6 Å². The number of rotatable bonds is 4. The quantitative estimate of drug-likeness (QED) is 0.626. The van der Waals surface area contributed by atoms with E-state index in [-0.39, 0.29) is 17.6 Å². The third kappa shape index (κ3) is 4.22. The molecule has 9 nitrogen and oxygen atoms in total. The molecule has 3 N–H and O–H groups in total. The van der Waals surface area contributed by atoms with Crippen molar-refractivity contribution in [3.63, 3.8) is 0 Å². The number of nitrogens with zero attached hydrogens (tertiary/aromatic N) is 2. The molecule has 1 saturated carbocycles. The molecule has 0 radical (unpaired) electrons. The molecule has 1 saturated heterocycles. The zero-order chi connectivity index (χ0) is 21.3. The van der Waals surface area contributed by atoms with Crippen LogP contribution in [0.1, 0.15) is 6.42 Å². The van der Waals surface area contributed by atoms with E-state index in [1.807, 2.05) is 12.1 Å². The van der Waals surface area contributed by atoms with Gasteiger partial charge in [0.15, 0.2) is 5.17 Å². The number of thioether (sulfide) groups is 1. The van der Waals surface area contributed by atoms with E-state index in [0.717, 1.165) is 5.69 Å². The van der Waals surface area contributed by atoms with Crippen molar-refractivity contribution in [3.8, 4) is 11.5 Å². The maximum absolute atomic E-state index is 13.1. The van der Waals surface area contributed by atoms with Gasteiger partial charge in [-0.3, -0.25) is 9.79 Å². The van der Waals surface area contributed by atoms with Gasteiger partial charge >= 0.3 is 0 Å². The predicted molar refractivity (Wildman–Crippen MR) is 113 cm³/mol. The van der Waals surface area contributed by atoms with E-state index in [9.17, 15) is 15.0 Å².